The van der Waals surface area contributed by atoms with Crippen LogP contribution in [0.15, 0.2) is 6.07 Å². The van der Waals surface area contributed by atoms with Crippen LogP contribution in [-0.2, 0) is 6.18 Å². The number of alkyl halides is 3. The molecule has 0 saturated heterocycles. The molecule has 0 amide bonds. The van der Waals surface area contributed by atoms with Crippen LogP contribution in [0.1, 0.15) is 38.9 Å². The van der Waals surface area contributed by atoms with Gasteiger partial charge in [-0.3, -0.25) is 0 Å². The van der Waals surface area contributed by atoms with Gasteiger partial charge in [0.05, 0.1) is 0 Å². The van der Waals surface area contributed by atoms with E-state index < -0.39 is 12.0 Å². The zero-order valence-corrected chi connectivity index (χ0v) is 12.3. The van der Waals surface area contributed by atoms with E-state index in [0.717, 1.165) is 6.42 Å². The standard InChI is InChI=1S/C14H21F3N4/c1-3-18-11-7-12(21-13(20-11)14(15,16)17)19-8-10-6-4-5-9(10)2/h7,9-10H,3-6,8H2,1-2H3,(H2,18,19,20,21). The van der Waals surface area contributed by atoms with Crippen molar-refractivity contribution in [2.45, 2.75) is 39.3 Å². The van der Waals surface area contributed by atoms with Crippen LogP contribution in [0.5, 0.6) is 0 Å². The van der Waals surface area contributed by atoms with Crippen molar-refractivity contribution in [3.63, 3.8) is 0 Å². The highest BCUT2D eigenvalue weighted by Crippen LogP contribution is 2.32. The van der Waals surface area contributed by atoms with Gasteiger partial charge in [-0.15, -0.1) is 0 Å². The van der Waals surface area contributed by atoms with Gasteiger partial charge in [-0.25, -0.2) is 9.97 Å². The molecule has 1 aliphatic carbocycles. The number of rotatable bonds is 5. The molecule has 0 aromatic carbocycles. The van der Waals surface area contributed by atoms with E-state index in [1.54, 1.807) is 0 Å². The molecule has 4 nitrogen and oxygen atoms in total. The average molecular weight is 302 g/mol. The fourth-order valence-corrected chi connectivity index (χ4v) is 2.70. The van der Waals surface area contributed by atoms with E-state index in [0.29, 0.717) is 24.9 Å². The fourth-order valence-electron chi connectivity index (χ4n) is 2.70. The van der Waals surface area contributed by atoms with Crippen LogP contribution in [-0.4, -0.2) is 23.1 Å². The molecule has 118 valence electrons. The fraction of sp³-hybridized carbons (Fsp3) is 0.714. The van der Waals surface area contributed by atoms with Gasteiger partial charge in [0.1, 0.15) is 11.6 Å². The highest BCUT2D eigenvalue weighted by molar-refractivity contribution is 5.47. The first-order valence-electron chi connectivity index (χ1n) is 7.34. The van der Waals surface area contributed by atoms with Crippen molar-refractivity contribution in [2.75, 3.05) is 23.7 Å². The molecule has 2 N–H and O–H groups in total. The minimum Gasteiger partial charge on any atom is -0.370 e. The quantitative estimate of drug-likeness (QED) is 0.869. The second kappa shape index (κ2) is 6.49. The summed E-state index contributed by atoms with van der Waals surface area (Å²) in [5, 5.41) is 5.84. The van der Waals surface area contributed by atoms with Gasteiger partial charge in [-0.1, -0.05) is 19.8 Å². The summed E-state index contributed by atoms with van der Waals surface area (Å²) in [6.45, 7) is 5.15. The van der Waals surface area contributed by atoms with Crippen molar-refractivity contribution in [1.29, 1.82) is 0 Å². The Labute approximate surface area is 122 Å². The molecule has 2 atom stereocenters. The number of nitrogens with one attached hydrogen (secondary N) is 2. The molecule has 2 unspecified atom stereocenters. The van der Waals surface area contributed by atoms with Crippen molar-refractivity contribution in [2.24, 2.45) is 11.8 Å². The minimum absolute atomic E-state index is 0.196. The lowest BCUT2D eigenvalue weighted by Crippen LogP contribution is -2.19. The topological polar surface area (TPSA) is 49.8 Å². The van der Waals surface area contributed by atoms with Crippen molar-refractivity contribution < 1.29 is 13.2 Å². The van der Waals surface area contributed by atoms with Crippen LogP contribution in [0.4, 0.5) is 24.8 Å². The molecule has 0 spiro atoms. The Hall–Kier alpha value is -1.53. The smallest absolute Gasteiger partial charge is 0.370 e. The molecule has 1 aromatic rings. The molecule has 1 heterocycles. The lowest BCUT2D eigenvalue weighted by molar-refractivity contribution is -0.144. The predicted molar refractivity (Wildman–Crippen MR) is 76.2 cm³/mol. The Balaban J connectivity index is 2.11. The maximum atomic E-state index is 12.8. The summed E-state index contributed by atoms with van der Waals surface area (Å²) in [7, 11) is 0. The van der Waals surface area contributed by atoms with E-state index in [1.807, 2.05) is 6.92 Å². The van der Waals surface area contributed by atoms with E-state index in [9.17, 15) is 13.2 Å². The number of nitrogens with zero attached hydrogens (tertiary/aromatic N) is 2. The van der Waals surface area contributed by atoms with E-state index in [1.165, 1.54) is 18.9 Å². The molecule has 1 fully saturated rings. The maximum absolute atomic E-state index is 12.8. The SMILES string of the molecule is CCNc1cc(NCC2CCCC2C)nc(C(F)(F)F)n1. The number of hydrogen-bond donors (Lipinski definition) is 2. The summed E-state index contributed by atoms with van der Waals surface area (Å²) in [6.07, 6.45) is -1.05. The zero-order valence-electron chi connectivity index (χ0n) is 12.3. The first-order valence-corrected chi connectivity index (χ1v) is 7.34. The number of halogens is 3. The Bertz CT molecular complexity index is 476. The number of aromatic nitrogens is 2. The minimum atomic E-state index is -4.54. The highest BCUT2D eigenvalue weighted by atomic mass is 19.4. The van der Waals surface area contributed by atoms with E-state index >= 15 is 0 Å². The molecule has 1 saturated carbocycles. The lowest BCUT2D eigenvalue weighted by atomic mass is 9.98. The summed E-state index contributed by atoms with van der Waals surface area (Å²) < 4.78 is 38.4. The highest BCUT2D eigenvalue weighted by Gasteiger charge is 2.35. The van der Waals surface area contributed by atoms with Gasteiger partial charge in [0.2, 0.25) is 5.82 Å². The van der Waals surface area contributed by atoms with Crippen molar-refractivity contribution in [1.82, 2.24) is 9.97 Å². The molecule has 1 aliphatic rings. The summed E-state index contributed by atoms with van der Waals surface area (Å²) in [5.74, 6) is 0.420. The van der Waals surface area contributed by atoms with Crippen molar-refractivity contribution in [3.8, 4) is 0 Å². The largest absolute Gasteiger partial charge is 0.451 e. The van der Waals surface area contributed by atoms with Crippen molar-refractivity contribution >= 4 is 11.6 Å². The Morgan fingerprint density at radius 2 is 1.86 bits per heavy atom. The van der Waals surface area contributed by atoms with Gasteiger partial charge in [-0.2, -0.15) is 13.2 Å². The number of hydrogen-bond acceptors (Lipinski definition) is 4. The molecule has 0 bridgehead atoms. The van der Waals surface area contributed by atoms with Gasteiger partial charge < -0.3 is 10.6 Å². The summed E-state index contributed by atoms with van der Waals surface area (Å²) >= 11 is 0. The molecule has 7 heteroatoms. The third kappa shape index (κ3) is 4.22. The second-order valence-corrected chi connectivity index (χ2v) is 5.54. The molecular formula is C14H21F3N4. The van der Waals surface area contributed by atoms with Crippen LogP contribution in [0.25, 0.3) is 0 Å². The molecule has 21 heavy (non-hydrogen) atoms. The first-order chi connectivity index (χ1) is 9.90. The molecule has 1 aromatic heterocycles. The third-order valence-corrected chi connectivity index (χ3v) is 3.92. The molecular weight excluding hydrogens is 281 g/mol. The van der Waals surface area contributed by atoms with E-state index in [2.05, 4.69) is 27.5 Å². The van der Waals surface area contributed by atoms with Gasteiger partial charge in [-0.05, 0) is 25.2 Å². The summed E-state index contributed by atoms with van der Waals surface area (Å²) in [5.41, 5.74) is 0. The van der Waals surface area contributed by atoms with Crippen molar-refractivity contribution in [3.05, 3.63) is 11.9 Å². The lowest BCUT2D eigenvalue weighted by Gasteiger charge is -2.17. The van der Waals surface area contributed by atoms with Gasteiger partial charge >= 0.3 is 6.18 Å². The monoisotopic (exact) mass is 302 g/mol. The summed E-state index contributed by atoms with van der Waals surface area (Å²) in [4.78, 5) is 7.09. The van der Waals surface area contributed by atoms with Crippen LogP contribution in [0.3, 0.4) is 0 Å². The molecule has 2 rings (SSSR count). The Morgan fingerprint density at radius 1 is 1.19 bits per heavy atom. The summed E-state index contributed by atoms with van der Waals surface area (Å²) in [6, 6.07) is 1.53. The van der Waals surface area contributed by atoms with E-state index in [4.69, 9.17) is 0 Å². The van der Waals surface area contributed by atoms with Crippen LogP contribution in [0, 0.1) is 11.8 Å². The van der Waals surface area contributed by atoms with E-state index in [-0.39, 0.29) is 11.6 Å². The van der Waals surface area contributed by atoms with Gasteiger partial charge in [0.15, 0.2) is 0 Å². The normalized spacial score (nSPS) is 22.3. The van der Waals surface area contributed by atoms with Crippen LogP contribution in [0.2, 0.25) is 0 Å². The Morgan fingerprint density at radius 3 is 2.38 bits per heavy atom. The van der Waals surface area contributed by atoms with Crippen LogP contribution < -0.4 is 10.6 Å². The van der Waals surface area contributed by atoms with Crippen LogP contribution >= 0.6 is 0 Å². The van der Waals surface area contributed by atoms with Gasteiger partial charge in [0, 0.05) is 19.2 Å². The third-order valence-electron chi connectivity index (χ3n) is 3.92. The first kappa shape index (κ1) is 15.9. The maximum Gasteiger partial charge on any atom is 0.451 e. The predicted octanol–water partition coefficient (Wildman–Crippen LogP) is 3.78. The Kier molecular flexibility index (Phi) is 4.90. The molecule has 0 radical (unpaired) electrons. The number of anilines is 2. The second-order valence-electron chi connectivity index (χ2n) is 5.54. The molecule has 0 aliphatic heterocycles. The average Bonchev–Trinajstić information content (AvgIpc) is 2.81. The zero-order chi connectivity index (χ0) is 15.5. The van der Waals surface area contributed by atoms with Gasteiger partial charge in [0.25, 0.3) is 0 Å².